The van der Waals surface area contributed by atoms with E-state index in [4.69, 9.17) is 22.1 Å². The zero-order chi connectivity index (χ0) is 13.9. The second-order valence-electron chi connectivity index (χ2n) is 4.22. The monoisotopic (exact) mass is 284 g/mol. The van der Waals surface area contributed by atoms with Crippen molar-refractivity contribution in [3.63, 3.8) is 0 Å². The van der Waals surface area contributed by atoms with E-state index in [0.29, 0.717) is 10.9 Å². The molecular formula is C15H11ClN3O. The molecule has 2 N–H and O–H groups in total. The predicted octanol–water partition coefficient (Wildman–Crippen LogP) is 3.36. The Morgan fingerprint density at radius 3 is 2.05 bits per heavy atom. The molecule has 0 aliphatic carbocycles. The lowest BCUT2D eigenvalue weighted by molar-refractivity contribution is 0.482. The van der Waals surface area contributed by atoms with Crippen LogP contribution < -0.4 is 15.9 Å². The van der Waals surface area contributed by atoms with Crippen molar-refractivity contribution in [2.75, 3.05) is 0 Å². The largest absolute Gasteiger partial charge is 0.457 e. The first kappa shape index (κ1) is 12.6. The topological polar surface area (TPSA) is 61.7 Å². The summed E-state index contributed by atoms with van der Waals surface area (Å²) in [6.07, 6.45) is 1.64. The number of rotatable bonds is 3. The smallest absolute Gasteiger partial charge is 0.155 e. The van der Waals surface area contributed by atoms with E-state index in [-0.39, 0.29) is 0 Å². The molecule has 0 atom stereocenters. The van der Waals surface area contributed by atoms with Gasteiger partial charge in [-0.2, -0.15) is 5.43 Å². The van der Waals surface area contributed by atoms with Gasteiger partial charge in [-0.05, 0) is 42.0 Å². The highest BCUT2D eigenvalue weighted by Gasteiger charge is 2.11. The lowest BCUT2D eigenvalue weighted by atomic mass is 10.1. The van der Waals surface area contributed by atoms with Gasteiger partial charge >= 0.3 is 0 Å². The van der Waals surface area contributed by atoms with E-state index in [1.165, 1.54) is 0 Å². The van der Waals surface area contributed by atoms with Gasteiger partial charge < -0.3 is 10.5 Å². The summed E-state index contributed by atoms with van der Waals surface area (Å²) < 4.78 is 5.71. The van der Waals surface area contributed by atoms with Gasteiger partial charge in [0.05, 0.1) is 6.20 Å². The average Bonchev–Trinajstić information content (AvgIpc) is 2.89. The first-order valence-corrected chi connectivity index (χ1v) is 6.38. The zero-order valence-corrected chi connectivity index (χ0v) is 11.2. The molecule has 0 unspecified atom stereocenters. The minimum Gasteiger partial charge on any atom is -0.457 e. The summed E-state index contributed by atoms with van der Waals surface area (Å²) >= 11 is 5.83. The third-order valence-electron chi connectivity index (χ3n) is 2.84. The van der Waals surface area contributed by atoms with Gasteiger partial charge in [-0.3, -0.25) is 0 Å². The molecule has 0 saturated heterocycles. The van der Waals surface area contributed by atoms with Crippen LogP contribution in [0.25, 0.3) is 5.57 Å². The summed E-state index contributed by atoms with van der Waals surface area (Å²) in [5.74, 6) is 1.90. The fraction of sp³-hybridized carbons (Fsp3) is 0. The quantitative estimate of drug-likeness (QED) is 0.939. The molecule has 0 fully saturated rings. The van der Waals surface area contributed by atoms with Crippen LogP contribution in [-0.4, -0.2) is 5.84 Å². The van der Waals surface area contributed by atoms with Crippen LogP contribution in [0.5, 0.6) is 11.5 Å². The number of hydrogen-bond acceptors (Lipinski definition) is 3. The number of hydrogen-bond donors (Lipinski definition) is 1. The van der Waals surface area contributed by atoms with E-state index in [1.54, 1.807) is 18.3 Å². The highest BCUT2D eigenvalue weighted by atomic mass is 35.5. The van der Waals surface area contributed by atoms with Crippen LogP contribution in [0.15, 0.2) is 59.8 Å². The maximum absolute atomic E-state index is 5.83. The van der Waals surface area contributed by atoms with Gasteiger partial charge in [-0.15, -0.1) is 5.10 Å². The molecule has 2 aromatic carbocycles. The molecule has 5 heteroatoms. The van der Waals surface area contributed by atoms with Crippen molar-refractivity contribution < 1.29 is 4.74 Å². The lowest BCUT2D eigenvalue weighted by Gasteiger charge is -2.07. The van der Waals surface area contributed by atoms with E-state index in [2.05, 4.69) is 10.5 Å². The van der Waals surface area contributed by atoms with Crippen LogP contribution in [0, 0.1) is 0 Å². The minimum atomic E-state index is 0.427. The summed E-state index contributed by atoms with van der Waals surface area (Å²) in [4.78, 5) is 0. The Hall–Kier alpha value is -2.46. The maximum Gasteiger partial charge on any atom is 0.155 e. The Bertz CT molecular complexity index is 675. The molecule has 4 nitrogen and oxygen atoms in total. The van der Waals surface area contributed by atoms with Gasteiger partial charge in [0.15, 0.2) is 5.84 Å². The Kier molecular flexibility index (Phi) is 3.31. The average molecular weight is 285 g/mol. The van der Waals surface area contributed by atoms with Gasteiger partial charge in [0.25, 0.3) is 0 Å². The van der Waals surface area contributed by atoms with Crippen molar-refractivity contribution in [1.29, 1.82) is 0 Å². The highest BCUT2D eigenvalue weighted by molar-refractivity contribution is 6.30. The third kappa shape index (κ3) is 2.60. The SMILES string of the molecule is NC1=N[N]C=C1c1ccc(Oc2ccc(Cl)cc2)cc1. The predicted molar refractivity (Wildman–Crippen MR) is 79.7 cm³/mol. The van der Waals surface area contributed by atoms with Crippen LogP contribution in [-0.2, 0) is 0 Å². The minimum absolute atomic E-state index is 0.427. The van der Waals surface area contributed by atoms with Gasteiger partial charge in [0, 0.05) is 10.6 Å². The fourth-order valence-electron chi connectivity index (χ4n) is 1.83. The summed E-state index contributed by atoms with van der Waals surface area (Å²) in [6.45, 7) is 0. The number of amidine groups is 1. The van der Waals surface area contributed by atoms with Crippen molar-refractivity contribution in [2.45, 2.75) is 0 Å². The van der Waals surface area contributed by atoms with E-state index in [0.717, 1.165) is 22.6 Å². The molecule has 0 amide bonds. The van der Waals surface area contributed by atoms with Crippen LogP contribution in [0.3, 0.4) is 0 Å². The van der Waals surface area contributed by atoms with Crippen molar-refractivity contribution in [3.8, 4) is 11.5 Å². The van der Waals surface area contributed by atoms with Gasteiger partial charge in [-0.25, -0.2) is 0 Å². The number of benzene rings is 2. The molecule has 1 aliphatic heterocycles. The summed E-state index contributed by atoms with van der Waals surface area (Å²) in [6, 6.07) is 14.8. The molecule has 0 spiro atoms. The molecule has 3 rings (SSSR count). The van der Waals surface area contributed by atoms with Crippen molar-refractivity contribution in [2.24, 2.45) is 10.8 Å². The van der Waals surface area contributed by atoms with Crippen LogP contribution in [0.4, 0.5) is 0 Å². The molecular weight excluding hydrogens is 274 g/mol. The number of nitrogens with zero attached hydrogens (tertiary/aromatic N) is 2. The molecule has 1 heterocycles. The van der Waals surface area contributed by atoms with Crippen molar-refractivity contribution in [1.82, 2.24) is 5.43 Å². The molecule has 0 aromatic heterocycles. The molecule has 0 saturated carbocycles. The molecule has 1 radical (unpaired) electrons. The van der Waals surface area contributed by atoms with Gasteiger partial charge in [-0.1, -0.05) is 23.7 Å². The Balaban J connectivity index is 1.76. The molecule has 20 heavy (non-hydrogen) atoms. The summed E-state index contributed by atoms with van der Waals surface area (Å²) in [5, 5.41) is 4.46. The highest BCUT2D eigenvalue weighted by Crippen LogP contribution is 2.25. The van der Waals surface area contributed by atoms with Gasteiger partial charge in [0.1, 0.15) is 11.5 Å². The van der Waals surface area contributed by atoms with Crippen LogP contribution in [0.1, 0.15) is 5.56 Å². The standard InChI is InChI=1S/C15H11ClN3O/c16-11-3-7-13(8-4-11)20-12-5-1-10(2-6-12)14-9-18-19-15(14)17/h1-9H,(H2,17,19). The molecule has 0 bridgehead atoms. The maximum atomic E-state index is 5.83. The Labute approximate surface area is 121 Å². The van der Waals surface area contributed by atoms with Crippen LogP contribution >= 0.6 is 11.6 Å². The normalized spacial score (nSPS) is 13.4. The summed E-state index contributed by atoms with van der Waals surface area (Å²) in [7, 11) is 0. The number of nitrogens with two attached hydrogens (primary N) is 1. The van der Waals surface area contributed by atoms with Crippen LogP contribution in [0.2, 0.25) is 5.02 Å². The third-order valence-corrected chi connectivity index (χ3v) is 3.09. The first-order valence-electron chi connectivity index (χ1n) is 6.00. The molecule has 1 aliphatic rings. The number of halogens is 1. The zero-order valence-electron chi connectivity index (χ0n) is 10.5. The lowest BCUT2D eigenvalue weighted by Crippen LogP contribution is -2.10. The van der Waals surface area contributed by atoms with Gasteiger partial charge in [0.2, 0.25) is 0 Å². The van der Waals surface area contributed by atoms with E-state index >= 15 is 0 Å². The van der Waals surface area contributed by atoms with E-state index in [9.17, 15) is 0 Å². The summed E-state index contributed by atoms with van der Waals surface area (Å²) in [5.41, 5.74) is 11.3. The molecule has 99 valence electrons. The van der Waals surface area contributed by atoms with Crippen molar-refractivity contribution in [3.05, 3.63) is 65.3 Å². The Morgan fingerprint density at radius 2 is 1.50 bits per heavy atom. The number of ether oxygens (including phenoxy) is 1. The fourth-order valence-corrected chi connectivity index (χ4v) is 1.96. The van der Waals surface area contributed by atoms with E-state index in [1.807, 2.05) is 36.4 Å². The Morgan fingerprint density at radius 1 is 0.900 bits per heavy atom. The second kappa shape index (κ2) is 5.27. The van der Waals surface area contributed by atoms with E-state index < -0.39 is 0 Å². The molecule has 2 aromatic rings. The van der Waals surface area contributed by atoms with Crippen molar-refractivity contribution >= 4 is 23.0 Å². The first-order chi connectivity index (χ1) is 9.72. The second-order valence-corrected chi connectivity index (χ2v) is 4.66.